The van der Waals surface area contributed by atoms with Gasteiger partial charge in [-0.3, -0.25) is 0 Å². The van der Waals surface area contributed by atoms with Gasteiger partial charge < -0.3 is 0 Å². The third-order valence-corrected chi connectivity index (χ3v) is 5.92. The summed E-state index contributed by atoms with van der Waals surface area (Å²) in [6.07, 6.45) is 0. The van der Waals surface area contributed by atoms with Gasteiger partial charge in [-0.1, -0.05) is 54.6 Å². The molecule has 5 nitrogen and oxygen atoms in total. The summed E-state index contributed by atoms with van der Waals surface area (Å²) in [5, 5.41) is 4.31. The molecule has 0 spiro atoms. The zero-order valence-electron chi connectivity index (χ0n) is 15.6. The first-order valence-electron chi connectivity index (χ1n) is 7.50. The first-order chi connectivity index (χ1) is 14.4. The van der Waals surface area contributed by atoms with Gasteiger partial charge in [0.1, 0.15) is 15.9 Å². The number of hydrogen-bond donors (Lipinski definition) is 0. The summed E-state index contributed by atoms with van der Waals surface area (Å²) in [5.74, 6) is 0. The number of hydrogen-bond acceptors (Lipinski definition) is 0. The second-order valence-corrected chi connectivity index (χ2v) is 6.96. The topological polar surface area (TPSA) is 99.5 Å². The average molecular weight is 587 g/mol. The van der Waals surface area contributed by atoms with Crippen LogP contribution in [0.5, 0.6) is 0 Å². The molecule has 3 aromatic carbocycles. The van der Waals surface area contributed by atoms with E-state index in [9.17, 15) is 0 Å². The van der Waals surface area contributed by atoms with Crippen molar-refractivity contribution in [3.05, 3.63) is 124 Å². The van der Waals surface area contributed by atoms with Gasteiger partial charge in [0.25, 0.3) is 0 Å². The molecule has 0 saturated heterocycles. The fourth-order valence-corrected chi connectivity index (χ4v) is 4.89. The van der Waals surface area contributed by atoms with Gasteiger partial charge in [0, 0.05) is 21.1 Å². The maximum atomic E-state index is 7.50. The summed E-state index contributed by atoms with van der Waals surface area (Å²) in [4.78, 5) is 0. The first-order valence-corrected chi connectivity index (χ1v) is 9.00. The van der Waals surface area contributed by atoms with E-state index >= 15 is 0 Å². The van der Waals surface area contributed by atoms with Gasteiger partial charge in [0.15, 0.2) is 0 Å². The SMILES string of the molecule is [C-]#[O+].[C-]#[O+].[C-]#[O+].[C-]#[O+].[C-]#[O+].[W].c1ccc([PH+](c2ccccc2)c2ccccc2)cc1. The summed E-state index contributed by atoms with van der Waals surface area (Å²) in [6, 6.07) is 32.5. The summed E-state index contributed by atoms with van der Waals surface area (Å²) < 4.78 is 37.5. The van der Waals surface area contributed by atoms with E-state index in [1.54, 1.807) is 0 Å². The molecule has 30 heavy (non-hydrogen) atoms. The predicted octanol–water partition coefficient (Wildman–Crippen LogP) is 2.99. The van der Waals surface area contributed by atoms with Crippen LogP contribution in [0.4, 0.5) is 0 Å². The first kappa shape index (κ1) is 34.9. The molecule has 0 aliphatic carbocycles. The second kappa shape index (κ2) is 28.7. The predicted molar refractivity (Wildman–Crippen MR) is 106 cm³/mol. The summed E-state index contributed by atoms with van der Waals surface area (Å²) in [6.45, 7) is 22.5. The molecule has 0 aliphatic heterocycles. The Morgan fingerprint density at radius 1 is 0.367 bits per heavy atom. The van der Waals surface area contributed by atoms with Crippen molar-refractivity contribution in [2.45, 2.75) is 0 Å². The van der Waals surface area contributed by atoms with Crippen LogP contribution in [-0.2, 0) is 44.3 Å². The van der Waals surface area contributed by atoms with Crippen LogP contribution < -0.4 is 15.9 Å². The Bertz CT molecular complexity index is 716. The van der Waals surface area contributed by atoms with Crippen LogP contribution in [0.25, 0.3) is 0 Å². The molecule has 3 rings (SSSR count). The zero-order chi connectivity index (χ0) is 22.9. The minimum absolute atomic E-state index is 0. The summed E-state index contributed by atoms with van der Waals surface area (Å²) in [7, 11) is -0.877. The van der Waals surface area contributed by atoms with Crippen LogP contribution in [0.2, 0.25) is 0 Å². The van der Waals surface area contributed by atoms with E-state index in [0.29, 0.717) is 0 Å². The Balaban J connectivity index is -0.000000271. The van der Waals surface area contributed by atoms with E-state index in [-0.39, 0.29) is 21.1 Å². The van der Waals surface area contributed by atoms with Gasteiger partial charge in [-0.2, -0.15) is 0 Å². The van der Waals surface area contributed by atoms with Crippen LogP contribution in [0.3, 0.4) is 0 Å². The average Bonchev–Trinajstić information content (AvgIpc) is 2.88. The van der Waals surface area contributed by atoms with Crippen LogP contribution >= 0.6 is 7.92 Å². The quantitative estimate of drug-likeness (QED) is 0.256. The molecule has 0 aromatic heterocycles. The minimum Gasteiger partial charge on any atom is -0.0620 e. The van der Waals surface area contributed by atoms with Gasteiger partial charge in [-0.15, -0.1) is 0 Å². The fraction of sp³-hybridized carbons (Fsp3) is 0. The molecule has 0 radical (unpaired) electrons. The third-order valence-electron chi connectivity index (χ3n) is 3.19. The zero-order valence-corrected chi connectivity index (χ0v) is 19.5. The number of rotatable bonds is 3. The number of benzene rings is 3. The smallest absolute Gasteiger partial charge is 0.0620 e. The van der Waals surface area contributed by atoms with E-state index in [2.05, 4.69) is 124 Å². The van der Waals surface area contributed by atoms with E-state index in [0.717, 1.165) is 0 Å². The van der Waals surface area contributed by atoms with E-state index in [1.165, 1.54) is 15.9 Å². The van der Waals surface area contributed by atoms with Crippen molar-refractivity contribution < 1.29 is 44.3 Å². The maximum absolute atomic E-state index is 7.50. The summed E-state index contributed by atoms with van der Waals surface area (Å²) in [5.41, 5.74) is 0. The van der Waals surface area contributed by atoms with Crippen LogP contribution in [0, 0.1) is 33.3 Å². The van der Waals surface area contributed by atoms with E-state index in [1.807, 2.05) is 0 Å². The van der Waals surface area contributed by atoms with Crippen LogP contribution in [0.1, 0.15) is 0 Å². The Morgan fingerprint density at radius 2 is 0.533 bits per heavy atom. The Hall–Kier alpha value is -2.52. The summed E-state index contributed by atoms with van der Waals surface area (Å²) >= 11 is 0. The van der Waals surface area contributed by atoms with Crippen molar-refractivity contribution in [1.29, 1.82) is 0 Å². The molecule has 0 N–H and O–H groups in total. The molecule has 0 amide bonds. The van der Waals surface area contributed by atoms with E-state index < -0.39 is 7.92 Å². The Labute approximate surface area is 192 Å². The Morgan fingerprint density at radius 3 is 0.700 bits per heavy atom. The monoisotopic (exact) mass is 587 g/mol. The second-order valence-electron chi connectivity index (χ2n) is 4.47. The molecule has 7 heteroatoms. The van der Waals surface area contributed by atoms with Crippen molar-refractivity contribution in [3.63, 3.8) is 0 Å². The normalized spacial score (nSPS) is 7.03. The van der Waals surface area contributed by atoms with Gasteiger partial charge >= 0.3 is 56.5 Å². The van der Waals surface area contributed by atoms with Crippen molar-refractivity contribution >= 4 is 23.8 Å². The van der Waals surface area contributed by atoms with Crippen molar-refractivity contribution in [1.82, 2.24) is 0 Å². The van der Waals surface area contributed by atoms with Crippen molar-refractivity contribution in [3.8, 4) is 0 Å². The van der Waals surface area contributed by atoms with Crippen LogP contribution in [-0.4, -0.2) is 0 Å². The fourth-order valence-electron chi connectivity index (χ4n) is 2.31. The standard InChI is InChI=1S/C18H15P.5CO.W/c1-4-10-16(11-5-1)19(17-12-6-2-7-13-17)18-14-8-3-9-15-18;5*1-2;/h1-15H;;;;;;/p+1. The van der Waals surface area contributed by atoms with Crippen molar-refractivity contribution in [2.24, 2.45) is 0 Å². The molecular formula is C23H16O5PW+. The third kappa shape index (κ3) is 13.6. The van der Waals surface area contributed by atoms with Crippen molar-refractivity contribution in [2.75, 3.05) is 0 Å². The molecule has 148 valence electrons. The molecule has 0 saturated carbocycles. The Kier molecular flexibility index (Phi) is 33.4. The van der Waals surface area contributed by atoms with Gasteiger partial charge in [-0.05, 0) is 36.4 Å². The molecular weight excluding hydrogens is 571 g/mol. The minimum atomic E-state index is -0.877. The molecule has 0 bridgehead atoms. The van der Waals surface area contributed by atoms with Crippen LogP contribution in [0.15, 0.2) is 91.0 Å². The molecule has 0 aliphatic rings. The largest absolute Gasteiger partial charge is 0.102 e. The molecule has 0 heterocycles. The van der Waals surface area contributed by atoms with E-state index in [4.69, 9.17) is 23.3 Å². The van der Waals surface area contributed by atoms with Gasteiger partial charge in [0.05, 0.1) is 7.92 Å². The molecule has 0 fully saturated rings. The maximum Gasteiger partial charge on any atom is 0.102 e. The molecule has 0 unspecified atom stereocenters. The molecule has 0 atom stereocenters. The van der Waals surface area contributed by atoms with Gasteiger partial charge in [-0.25, -0.2) is 0 Å². The molecule has 3 aromatic rings. The van der Waals surface area contributed by atoms with Gasteiger partial charge in [0.2, 0.25) is 0 Å².